The molecule has 198 valence electrons. The summed E-state index contributed by atoms with van der Waals surface area (Å²) in [4.78, 5) is 32.3. The lowest BCUT2D eigenvalue weighted by Crippen LogP contribution is -2.27. The van der Waals surface area contributed by atoms with Crippen molar-refractivity contribution >= 4 is 28.5 Å². The average molecular weight is 543 g/mol. The lowest BCUT2D eigenvalue weighted by atomic mass is 10.0. The molecule has 0 saturated carbocycles. The molecule has 4 heterocycles. The van der Waals surface area contributed by atoms with Gasteiger partial charge in [0.15, 0.2) is 11.2 Å². The van der Waals surface area contributed by atoms with Crippen LogP contribution in [0.2, 0.25) is 5.02 Å². The molecule has 6 rings (SSSR count). The Kier molecular flexibility index (Phi) is 6.28. The number of rotatable bonds is 5. The molecule has 2 aromatic carbocycles. The monoisotopic (exact) mass is 542 g/mol. The number of amides is 1. The number of hydrogen-bond acceptors (Lipinski definition) is 6. The molecular weight excluding hydrogens is 516 g/mol. The number of fused-ring (bicyclic) bond motifs is 2. The van der Waals surface area contributed by atoms with Crippen molar-refractivity contribution in [1.82, 2.24) is 39.7 Å². The Hall–Kier alpha value is -4.28. The van der Waals surface area contributed by atoms with Gasteiger partial charge in [-0.05, 0) is 73.8 Å². The summed E-state index contributed by atoms with van der Waals surface area (Å²) in [6.07, 6.45) is 2.83. The van der Waals surface area contributed by atoms with Gasteiger partial charge in [0, 0.05) is 24.8 Å². The van der Waals surface area contributed by atoms with E-state index in [-0.39, 0.29) is 28.8 Å². The first-order valence-corrected chi connectivity index (χ1v) is 13.1. The smallest absolute Gasteiger partial charge is 0.284 e. The van der Waals surface area contributed by atoms with Crippen LogP contribution in [-0.2, 0) is 26.6 Å². The van der Waals surface area contributed by atoms with Crippen LogP contribution in [0.5, 0.6) is 0 Å². The van der Waals surface area contributed by atoms with E-state index >= 15 is 0 Å². The van der Waals surface area contributed by atoms with E-state index in [0.29, 0.717) is 22.2 Å². The molecular formula is C28H27ClN8O2. The minimum Gasteiger partial charge on any atom is -0.345 e. The Balaban J connectivity index is 1.50. The first kappa shape index (κ1) is 25.0. The van der Waals surface area contributed by atoms with Gasteiger partial charge in [-0.15, -0.1) is 0 Å². The molecule has 5 aromatic rings. The van der Waals surface area contributed by atoms with Crippen LogP contribution in [-0.4, -0.2) is 41.6 Å². The summed E-state index contributed by atoms with van der Waals surface area (Å²) < 4.78 is 4.72. The molecule has 3 aromatic heterocycles. The number of benzene rings is 2. The zero-order valence-electron chi connectivity index (χ0n) is 21.8. The van der Waals surface area contributed by atoms with Crippen molar-refractivity contribution in [3.63, 3.8) is 0 Å². The quantitative estimate of drug-likeness (QED) is 0.353. The number of nitrogens with one attached hydrogen (secondary N) is 2. The molecule has 0 radical (unpaired) electrons. The van der Waals surface area contributed by atoms with Gasteiger partial charge in [0.25, 0.3) is 11.5 Å². The molecule has 0 fully saturated rings. The molecule has 1 aliphatic heterocycles. The highest BCUT2D eigenvalue weighted by atomic mass is 35.5. The molecule has 2 N–H and O–H groups in total. The molecule has 39 heavy (non-hydrogen) atoms. The number of carbonyl (C=O) groups excluding carboxylic acids is 1. The van der Waals surface area contributed by atoms with Gasteiger partial charge >= 0.3 is 0 Å². The highest BCUT2D eigenvalue weighted by Crippen LogP contribution is 2.24. The van der Waals surface area contributed by atoms with Gasteiger partial charge in [0.05, 0.1) is 23.6 Å². The van der Waals surface area contributed by atoms with Crippen molar-refractivity contribution in [3.05, 3.63) is 97.9 Å². The molecule has 10 nitrogen and oxygen atoms in total. The van der Waals surface area contributed by atoms with Crippen LogP contribution in [0, 0.1) is 13.8 Å². The van der Waals surface area contributed by atoms with Gasteiger partial charge in [-0.3, -0.25) is 18.8 Å². The number of carbonyl (C=O) groups is 1. The Morgan fingerprint density at radius 3 is 2.72 bits per heavy atom. The Morgan fingerprint density at radius 2 is 1.95 bits per heavy atom. The standard InChI is InChI=1S/C28H27ClN8O2/c1-16-15-35(3)33-23(16)14-31-27(38)25-24-26(37(34-25)22-6-4-5-20(29)12-22)28(39)36(17(2)32-24)21-8-7-18-9-10-30-13-19(18)11-21/h4-8,11-12,15,30H,9-10,13-14H2,1-3H3,(H,31,38). The zero-order chi connectivity index (χ0) is 27.3. The predicted molar refractivity (Wildman–Crippen MR) is 149 cm³/mol. The highest BCUT2D eigenvalue weighted by molar-refractivity contribution is 6.30. The number of aryl methyl sites for hydroxylation is 3. The summed E-state index contributed by atoms with van der Waals surface area (Å²) in [5.41, 5.74) is 5.54. The third-order valence-electron chi connectivity index (χ3n) is 7.00. The van der Waals surface area contributed by atoms with Crippen molar-refractivity contribution < 1.29 is 4.79 Å². The van der Waals surface area contributed by atoms with Crippen molar-refractivity contribution in [1.29, 1.82) is 0 Å². The van der Waals surface area contributed by atoms with Crippen LogP contribution < -0.4 is 16.2 Å². The molecule has 0 saturated heterocycles. The molecule has 0 bridgehead atoms. The van der Waals surface area contributed by atoms with E-state index in [9.17, 15) is 9.59 Å². The molecule has 1 aliphatic rings. The van der Waals surface area contributed by atoms with Crippen LogP contribution >= 0.6 is 11.6 Å². The van der Waals surface area contributed by atoms with Gasteiger partial charge in [0.2, 0.25) is 0 Å². The Bertz CT molecular complexity index is 1820. The molecule has 11 heteroatoms. The van der Waals surface area contributed by atoms with E-state index in [1.165, 1.54) is 10.2 Å². The van der Waals surface area contributed by atoms with E-state index in [2.05, 4.69) is 26.9 Å². The fourth-order valence-corrected chi connectivity index (χ4v) is 5.29. The Morgan fingerprint density at radius 1 is 1.10 bits per heavy atom. The van der Waals surface area contributed by atoms with Crippen LogP contribution in [0.1, 0.15) is 38.7 Å². The predicted octanol–water partition coefficient (Wildman–Crippen LogP) is 3.15. The van der Waals surface area contributed by atoms with Crippen LogP contribution in [0.25, 0.3) is 22.4 Å². The van der Waals surface area contributed by atoms with Crippen molar-refractivity contribution in [2.24, 2.45) is 7.05 Å². The zero-order valence-corrected chi connectivity index (χ0v) is 22.6. The second kappa shape index (κ2) is 9.79. The average Bonchev–Trinajstić information content (AvgIpc) is 3.46. The topological polar surface area (TPSA) is 112 Å². The largest absolute Gasteiger partial charge is 0.345 e. The molecule has 0 atom stereocenters. The maximum absolute atomic E-state index is 14.1. The van der Waals surface area contributed by atoms with Gasteiger partial charge in [0.1, 0.15) is 11.3 Å². The maximum atomic E-state index is 14.1. The summed E-state index contributed by atoms with van der Waals surface area (Å²) in [6.45, 7) is 5.59. The normalized spacial score (nSPS) is 13.0. The molecule has 0 aliphatic carbocycles. The van der Waals surface area contributed by atoms with Gasteiger partial charge in [-0.25, -0.2) is 9.67 Å². The van der Waals surface area contributed by atoms with Gasteiger partial charge in [-0.2, -0.15) is 10.2 Å². The minimum atomic E-state index is -0.449. The third kappa shape index (κ3) is 4.51. The summed E-state index contributed by atoms with van der Waals surface area (Å²) in [7, 11) is 1.83. The van der Waals surface area contributed by atoms with Gasteiger partial charge < -0.3 is 10.6 Å². The van der Waals surface area contributed by atoms with E-state index in [0.717, 1.165) is 36.3 Å². The van der Waals surface area contributed by atoms with Crippen LogP contribution in [0.4, 0.5) is 0 Å². The second-order valence-electron chi connectivity index (χ2n) is 9.73. The lowest BCUT2D eigenvalue weighted by molar-refractivity contribution is 0.0946. The summed E-state index contributed by atoms with van der Waals surface area (Å²) in [6, 6.07) is 13.0. The third-order valence-corrected chi connectivity index (χ3v) is 7.23. The highest BCUT2D eigenvalue weighted by Gasteiger charge is 2.25. The number of aromatic nitrogens is 6. The number of hydrogen-bond donors (Lipinski definition) is 2. The summed E-state index contributed by atoms with van der Waals surface area (Å²) in [5.74, 6) is 0.00576. The molecule has 1 amide bonds. The van der Waals surface area contributed by atoms with E-state index in [1.807, 2.05) is 32.3 Å². The minimum absolute atomic E-state index is 0.0561. The number of halogens is 1. The van der Waals surface area contributed by atoms with Crippen LogP contribution in [0.15, 0.2) is 53.5 Å². The fourth-order valence-electron chi connectivity index (χ4n) is 5.11. The number of nitrogens with zero attached hydrogens (tertiary/aromatic N) is 6. The molecule has 0 spiro atoms. The fraction of sp³-hybridized carbons (Fsp3) is 0.250. The van der Waals surface area contributed by atoms with Gasteiger partial charge in [-0.1, -0.05) is 23.7 Å². The second-order valence-corrected chi connectivity index (χ2v) is 10.2. The van der Waals surface area contributed by atoms with E-state index < -0.39 is 5.91 Å². The summed E-state index contributed by atoms with van der Waals surface area (Å²) in [5, 5.41) is 15.7. The Labute approximate surface area is 229 Å². The summed E-state index contributed by atoms with van der Waals surface area (Å²) >= 11 is 6.28. The molecule has 0 unspecified atom stereocenters. The first-order chi connectivity index (χ1) is 18.8. The first-order valence-electron chi connectivity index (χ1n) is 12.7. The van der Waals surface area contributed by atoms with Crippen molar-refractivity contribution in [3.8, 4) is 11.4 Å². The maximum Gasteiger partial charge on any atom is 0.284 e. The van der Waals surface area contributed by atoms with Crippen molar-refractivity contribution in [2.75, 3.05) is 6.54 Å². The lowest BCUT2D eigenvalue weighted by Gasteiger charge is -2.19. The van der Waals surface area contributed by atoms with Crippen LogP contribution in [0.3, 0.4) is 0 Å². The SMILES string of the molecule is Cc1cn(C)nc1CNC(=O)c1nn(-c2cccc(Cl)c2)c2c(=O)n(-c3ccc4c(c3)CNCC4)c(C)nc12. The van der Waals surface area contributed by atoms with Crippen molar-refractivity contribution in [2.45, 2.75) is 33.4 Å². The van der Waals surface area contributed by atoms with E-state index in [1.54, 1.807) is 40.4 Å². The van der Waals surface area contributed by atoms with E-state index in [4.69, 9.17) is 16.6 Å².